The molecule has 0 spiro atoms. The summed E-state index contributed by atoms with van der Waals surface area (Å²) in [6.45, 7) is 0.126. The Hall–Kier alpha value is -2.28. The number of furan rings is 1. The largest absolute Gasteiger partial charge is 0.472 e. The summed E-state index contributed by atoms with van der Waals surface area (Å²) in [5.41, 5.74) is -0.375. The molecule has 2 rings (SSSR count). The van der Waals surface area contributed by atoms with Crippen molar-refractivity contribution in [2.24, 2.45) is 0 Å². The molecule has 118 valence electrons. The summed E-state index contributed by atoms with van der Waals surface area (Å²) in [7, 11) is 0. The van der Waals surface area contributed by atoms with Gasteiger partial charge < -0.3 is 14.8 Å². The van der Waals surface area contributed by atoms with Crippen LogP contribution in [0.1, 0.15) is 34.0 Å². The third-order valence-corrected chi connectivity index (χ3v) is 3.08. The molecule has 0 aliphatic carbocycles. The molecular weight excluding hydrogens is 299 g/mol. The Morgan fingerprint density at radius 2 is 2.09 bits per heavy atom. The van der Waals surface area contributed by atoms with Gasteiger partial charge >= 0.3 is 6.18 Å². The number of aliphatic hydroxyl groups excluding tert-OH is 1. The smallest absolute Gasteiger partial charge is 0.416 e. The Kier molecular flexibility index (Phi) is 4.87. The van der Waals surface area contributed by atoms with Gasteiger partial charge in [-0.1, -0.05) is 6.07 Å². The van der Waals surface area contributed by atoms with Gasteiger partial charge in [-0.25, -0.2) is 0 Å². The molecule has 4 nitrogen and oxygen atoms in total. The first-order valence-corrected chi connectivity index (χ1v) is 6.53. The van der Waals surface area contributed by atoms with Crippen LogP contribution in [0, 0.1) is 0 Å². The Bertz CT molecular complexity index is 623. The SMILES string of the molecule is O=C(NCC[C@@H](O)c1ccoc1)c1cccc(C(F)(F)F)c1. The molecular formula is C15H14F3NO3. The highest BCUT2D eigenvalue weighted by Gasteiger charge is 2.30. The first kappa shape index (κ1) is 16.1. The van der Waals surface area contributed by atoms with Gasteiger partial charge in [0.05, 0.1) is 24.2 Å². The molecule has 1 aromatic heterocycles. The second-order valence-corrected chi connectivity index (χ2v) is 4.70. The molecule has 0 unspecified atom stereocenters. The molecule has 2 aromatic rings. The number of rotatable bonds is 5. The van der Waals surface area contributed by atoms with Gasteiger partial charge in [0.1, 0.15) is 0 Å². The van der Waals surface area contributed by atoms with Crippen LogP contribution in [-0.4, -0.2) is 17.6 Å². The maximum Gasteiger partial charge on any atom is 0.416 e. The number of benzene rings is 1. The maximum absolute atomic E-state index is 12.6. The van der Waals surface area contributed by atoms with Gasteiger partial charge in [-0.3, -0.25) is 4.79 Å². The van der Waals surface area contributed by atoms with Gasteiger partial charge in [0.2, 0.25) is 0 Å². The molecule has 0 aliphatic rings. The number of alkyl halides is 3. The highest BCUT2D eigenvalue weighted by Crippen LogP contribution is 2.29. The van der Waals surface area contributed by atoms with Crippen LogP contribution in [0.4, 0.5) is 13.2 Å². The molecule has 2 N–H and O–H groups in total. The van der Waals surface area contributed by atoms with E-state index in [0.717, 1.165) is 12.1 Å². The van der Waals surface area contributed by atoms with E-state index in [-0.39, 0.29) is 18.5 Å². The molecule has 1 atom stereocenters. The van der Waals surface area contributed by atoms with Gasteiger partial charge in [0, 0.05) is 17.7 Å². The lowest BCUT2D eigenvalue weighted by Crippen LogP contribution is -2.26. The summed E-state index contributed by atoms with van der Waals surface area (Å²) in [5.74, 6) is -0.620. The first-order valence-electron chi connectivity index (χ1n) is 6.53. The van der Waals surface area contributed by atoms with Crippen LogP contribution < -0.4 is 5.32 Å². The summed E-state index contributed by atoms with van der Waals surface area (Å²) in [6.07, 6.45) is -2.27. The molecule has 1 amide bonds. The summed E-state index contributed by atoms with van der Waals surface area (Å²) < 4.78 is 42.5. The van der Waals surface area contributed by atoms with Crippen LogP contribution in [0.25, 0.3) is 0 Å². The number of hydrogen-bond donors (Lipinski definition) is 2. The number of amides is 1. The van der Waals surface area contributed by atoms with Crippen LogP contribution >= 0.6 is 0 Å². The van der Waals surface area contributed by atoms with Crippen molar-refractivity contribution in [2.75, 3.05) is 6.54 Å². The van der Waals surface area contributed by atoms with Crippen LogP contribution in [0.5, 0.6) is 0 Å². The molecule has 0 saturated heterocycles. The van der Waals surface area contributed by atoms with Gasteiger partial charge in [0.25, 0.3) is 5.91 Å². The Balaban J connectivity index is 1.90. The molecule has 0 aliphatic heterocycles. The average molecular weight is 313 g/mol. The molecule has 0 saturated carbocycles. The second-order valence-electron chi connectivity index (χ2n) is 4.70. The van der Waals surface area contributed by atoms with Crippen molar-refractivity contribution in [3.8, 4) is 0 Å². The van der Waals surface area contributed by atoms with E-state index in [1.807, 2.05) is 0 Å². The lowest BCUT2D eigenvalue weighted by atomic mass is 10.1. The standard InChI is InChI=1S/C15H14F3NO3/c16-15(17,18)12-3-1-2-10(8-12)14(21)19-6-4-13(20)11-5-7-22-9-11/h1-3,5,7-9,13,20H,4,6H2,(H,19,21)/t13-/m1/s1. The molecule has 1 aromatic carbocycles. The predicted molar refractivity (Wildman–Crippen MR) is 72.1 cm³/mol. The van der Waals surface area contributed by atoms with E-state index in [4.69, 9.17) is 4.42 Å². The molecule has 0 fully saturated rings. The number of carbonyl (C=O) groups is 1. The Labute approximate surface area is 124 Å². The number of halogens is 3. The third-order valence-electron chi connectivity index (χ3n) is 3.08. The fraction of sp³-hybridized carbons (Fsp3) is 0.267. The monoisotopic (exact) mass is 313 g/mol. The van der Waals surface area contributed by atoms with E-state index < -0.39 is 23.8 Å². The van der Waals surface area contributed by atoms with Gasteiger partial charge in [-0.05, 0) is 30.7 Å². The minimum Gasteiger partial charge on any atom is -0.472 e. The number of carbonyl (C=O) groups excluding carboxylic acids is 1. The Morgan fingerprint density at radius 1 is 1.32 bits per heavy atom. The fourth-order valence-electron chi connectivity index (χ4n) is 1.89. The number of hydrogen-bond acceptors (Lipinski definition) is 3. The van der Waals surface area contributed by atoms with Crippen molar-refractivity contribution in [1.29, 1.82) is 0 Å². The summed E-state index contributed by atoms with van der Waals surface area (Å²) in [6, 6.07) is 5.77. The highest BCUT2D eigenvalue weighted by atomic mass is 19.4. The van der Waals surface area contributed by atoms with Gasteiger partial charge in [0.15, 0.2) is 0 Å². The first-order chi connectivity index (χ1) is 10.4. The number of nitrogens with one attached hydrogen (secondary N) is 1. The van der Waals surface area contributed by atoms with E-state index in [0.29, 0.717) is 5.56 Å². The van der Waals surface area contributed by atoms with E-state index in [2.05, 4.69) is 5.32 Å². The lowest BCUT2D eigenvalue weighted by Gasteiger charge is -2.11. The van der Waals surface area contributed by atoms with E-state index in [1.54, 1.807) is 6.07 Å². The summed E-state index contributed by atoms with van der Waals surface area (Å²) >= 11 is 0. The Morgan fingerprint density at radius 3 is 2.73 bits per heavy atom. The molecule has 1 heterocycles. The van der Waals surface area contributed by atoms with Crippen molar-refractivity contribution in [1.82, 2.24) is 5.32 Å². The van der Waals surface area contributed by atoms with E-state index in [1.165, 1.54) is 24.7 Å². The van der Waals surface area contributed by atoms with Crippen molar-refractivity contribution in [3.05, 3.63) is 59.5 Å². The maximum atomic E-state index is 12.6. The average Bonchev–Trinajstić information content (AvgIpc) is 3.00. The molecule has 7 heteroatoms. The molecule has 0 radical (unpaired) electrons. The predicted octanol–water partition coefficient (Wildman–Crippen LogP) is 3.15. The zero-order valence-corrected chi connectivity index (χ0v) is 11.4. The number of aliphatic hydroxyl groups is 1. The van der Waals surface area contributed by atoms with Crippen LogP contribution in [-0.2, 0) is 6.18 Å². The summed E-state index contributed by atoms with van der Waals surface area (Å²) in [4.78, 5) is 11.8. The summed E-state index contributed by atoms with van der Waals surface area (Å²) in [5, 5.41) is 12.3. The minimum absolute atomic E-state index is 0.0763. The van der Waals surface area contributed by atoms with Gasteiger partial charge in [-0.2, -0.15) is 13.2 Å². The molecule has 0 bridgehead atoms. The van der Waals surface area contributed by atoms with E-state index in [9.17, 15) is 23.1 Å². The van der Waals surface area contributed by atoms with Crippen LogP contribution in [0.3, 0.4) is 0 Å². The fourth-order valence-corrected chi connectivity index (χ4v) is 1.89. The molecule has 22 heavy (non-hydrogen) atoms. The van der Waals surface area contributed by atoms with E-state index >= 15 is 0 Å². The van der Waals surface area contributed by atoms with Gasteiger partial charge in [-0.15, -0.1) is 0 Å². The zero-order valence-electron chi connectivity index (χ0n) is 11.4. The topological polar surface area (TPSA) is 62.5 Å². The zero-order chi connectivity index (χ0) is 16.2. The second kappa shape index (κ2) is 6.65. The third kappa shape index (κ3) is 4.11. The van der Waals surface area contributed by atoms with Crippen LogP contribution in [0.15, 0.2) is 47.3 Å². The quantitative estimate of drug-likeness (QED) is 0.891. The lowest BCUT2D eigenvalue weighted by molar-refractivity contribution is -0.137. The van der Waals surface area contributed by atoms with Crippen molar-refractivity contribution in [2.45, 2.75) is 18.7 Å². The van der Waals surface area contributed by atoms with Crippen LogP contribution in [0.2, 0.25) is 0 Å². The highest BCUT2D eigenvalue weighted by molar-refractivity contribution is 5.94. The normalized spacial score (nSPS) is 12.9. The van der Waals surface area contributed by atoms with Crippen molar-refractivity contribution < 1.29 is 27.5 Å². The minimum atomic E-state index is -4.49. The van der Waals surface area contributed by atoms with Crippen molar-refractivity contribution >= 4 is 5.91 Å². The van der Waals surface area contributed by atoms with Crippen molar-refractivity contribution in [3.63, 3.8) is 0 Å².